The van der Waals surface area contributed by atoms with Crippen molar-refractivity contribution in [2.24, 2.45) is 0 Å². The van der Waals surface area contributed by atoms with Crippen LogP contribution in [0, 0.1) is 0 Å². The summed E-state index contributed by atoms with van der Waals surface area (Å²) in [7, 11) is 7.73. The van der Waals surface area contributed by atoms with E-state index in [9.17, 15) is 5.11 Å². The molecule has 1 aliphatic heterocycles. The molecule has 1 N–H and O–H groups in total. The van der Waals surface area contributed by atoms with Crippen molar-refractivity contribution in [2.75, 3.05) is 47.9 Å². The van der Waals surface area contributed by atoms with Crippen LogP contribution in [0.3, 0.4) is 0 Å². The Hall–Kier alpha value is -1.11. The molecule has 0 spiro atoms. The maximum atomic E-state index is 11.1. The number of ether oxygens (including phenoxy) is 1. The molecule has 1 atom stereocenters. The average molecular weight is 282 g/mol. The maximum Gasteiger partial charge on any atom is 0.162 e. The second-order valence-electron chi connectivity index (χ2n) is 5.96. The zero-order valence-electron chi connectivity index (χ0n) is 13.0. The van der Waals surface area contributed by atoms with Crippen LogP contribution in [0.5, 0.6) is 5.75 Å². The van der Waals surface area contributed by atoms with E-state index in [0.717, 1.165) is 38.2 Å². The Bertz CT molecular complexity index is 446. The van der Waals surface area contributed by atoms with Crippen LogP contribution in [0.25, 0.3) is 0 Å². The Morgan fingerprint density at radius 3 is 2.85 bits per heavy atom. The van der Waals surface area contributed by atoms with Gasteiger partial charge in [-0.05, 0) is 40.5 Å². The minimum Gasteiger partial charge on any atom is -0.493 e. The standard InChI is InChI=1S/C14H26N4O2/c1-16(2)8-9-18-13(12(20-4)10-15-18)14(19)6-5-7-17(3)11-14/h10,19H,5-9,11H2,1-4H3. The molecule has 6 nitrogen and oxygen atoms in total. The van der Waals surface area contributed by atoms with Crippen molar-refractivity contribution in [3.8, 4) is 5.75 Å². The van der Waals surface area contributed by atoms with Crippen LogP contribution in [0.15, 0.2) is 6.20 Å². The van der Waals surface area contributed by atoms with Crippen LogP contribution < -0.4 is 4.74 Å². The lowest BCUT2D eigenvalue weighted by Crippen LogP contribution is -2.45. The molecule has 114 valence electrons. The fourth-order valence-electron chi connectivity index (χ4n) is 2.89. The molecule has 0 radical (unpaired) electrons. The normalized spacial score (nSPS) is 24.3. The molecule has 2 rings (SSSR count). The van der Waals surface area contributed by atoms with Crippen LogP contribution in [-0.4, -0.2) is 72.6 Å². The number of likely N-dealkylation sites (tertiary alicyclic amines) is 1. The number of β-amino-alcohol motifs (C(OH)–C–C–N with tert-alkyl or cyclic N) is 1. The van der Waals surface area contributed by atoms with Gasteiger partial charge in [-0.1, -0.05) is 0 Å². The molecular weight excluding hydrogens is 256 g/mol. The number of aliphatic hydroxyl groups is 1. The summed E-state index contributed by atoms with van der Waals surface area (Å²) in [5, 5.41) is 15.5. The highest BCUT2D eigenvalue weighted by Gasteiger charge is 2.39. The second kappa shape index (κ2) is 6.11. The molecule has 1 aromatic heterocycles. The fraction of sp³-hybridized carbons (Fsp3) is 0.786. The first-order chi connectivity index (χ1) is 9.46. The molecule has 1 unspecified atom stereocenters. The molecule has 0 saturated carbocycles. The summed E-state index contributed by atoms with van der Waals surface area (Å²) in [5.41, 5.74) is -0.0605. The molecule has 6 heteroatoms. The topological polar surface area (TPSA) is 53.8 Å². The molecule has 1 aromatic rings. The zero-order chi connectivity index (χ0) is 14.8. The molecular formula is C14H26N4O2. The number of hydrogen-bond donors (Lipinski definition) is 1. The summed E-state index contributed by atoms with van der Waals surface area (Å²) in [6.07, 6.45) is 3.44. The van der Waals surface area contributed by atoms with Gasteiger partial charge in [0.25, 0.3) is 0 Å². The largest absolute Gasteiger partial charge is 0.493 e. The third kappa shape index (κ3) is 3.13. The van der Waals surface area contributed by atoms with Crippen molar-refractivity contribution < 1.29 is 9.84 Å². The lowest BCUT2D eigenvalue weighted by atomic mass is 9.89. The van der Waals surface area contributed by atoms with Gasteiger partial charge in [0, 0.05) is 13.1 Å². The Morgan fingerprint density at radius 1 is 1.50 bits per heavy atom. The molecule has 20 heavy (non-hydrogen) atoms. The van der Waals surface area contributed by atoms with E-state index in [4.69, 9.17) is 4.74 Å². The quantitative estimate of drug-likeness (QED) is 0.845. The third-order valence-corrected chi connectivity index (χ3v) is 3.89. The van der Waals surface area contributed by atoms with Gasteiger partial charge < -0.3 is 19.6 Å². The molecule has 0 aliphatic carbocycles. The van der Waals surface area contributed by atoms with Gasteiger partial charge in [0.1, 0.15) is 11.3 Å². The van der Waals surface area contributed by atoms with Gasteiger partial charge in [-0.2, -0.15) is 5.10 Å². The van der Waals surface area contributed by atoms with Gasteiger partial charge in [0.15, 0.2) is 5.75 Å². The molecule has 2 heterocycles. The predicted molar refractivity (Wildman–Crippen MR) is 78.0 cm³/mol. The van der Waals surface area contributed by atoms with Crippen LogP contribution >= 0.6 is 0 Å². The molecule has 1 aliphatic rings. The summed E-state index contributed by atoms with van der Waals surface area (Å²) >= 11 is 0. The van der Waals surface area contributed by atoms with Gasteiger partial charge in [-0.15, -0.1) is 0 Å². The lowest BCUT2D eigenvalue weighted by Gasteiger charge is -2.38. The summed E-state index contributed by atoms with van der Waals surface area (Å²) in [4.78, 5) is 4.27. The Kier molecular flexibility index (Phi) is 4.67. The van der Waals surface area contributed by atoms with Crippen LogP contribution in [0.1, 0.15) is 18.5 Å². The highest BCUT2D eigenvalue weighted by molar-refractivity contribution is 5.31. The first-order valence-corrected chi connectivity index (χ1v) is 7.12. The van der Waals surface area contributed by atoms with Gasteiger partial charge in [-0.25, -0.2) is 0 Å². The highest BCUT2D eigenvalue weighted by Crippen LogP contribution is 2.36. The summed E-state index contributed by atoms with van der Waals surface area (Å²) in [6.45, 7) is 3.27. The van der Waals surface area contributed by atoms with E-state index in [1.54, 1.807) is 13.3 Å². The van der Waals surface area contributed by atoms with Gasteiger partial charge in [-0.3, -0.25) is 4.68 Å². The van der Waals surface area contributed by atoms with E-state index in [-0.39, 0.29) is 0 Å². The van der Waals surface area contributed by atoms with Crippen molar-refractivity contribution in [1.82, 2.24) is 19.6 Å². The first kappa shape index (κ1) is 15.3. The first-order valence-electron chi connectivity index (χ1n) is 7.12. The van der Waals surface area contributed by atoms with E-state index >= 15 is 0 Å². The highest BCUT2D eigenvalue weighted by atomic mass is 16.5. The summed E-state index contributed by atoms with van der Waals surface area (Å²) in [6, 6.07) is 0. The molecule has 1 fully saturated rings. The number of hydrogen-bond acceptors (Lipinski definition) is 5. The van der Waals surface area contributed by atoms with Gasteiger partial charge >= 0.3 is 0 Å². The smallest absolute Gasteiger partial charge is 0.162 e. The van der Waals surface area contributed by atoms with Crippen LogP contribution in [0.4, 0.5) is 0 Å². The van der Waals surface area contributed by atoms with Crippen molar-refractivity contribution in [1.29, 1.82) is 0 Å². The number of methoxy groups -OCH3 is 1. The van der Waals surface area contributed by atoms with E-state index in [2.05, 4.69) is 14.9 Å². The predicted octanol–water partition coefficient (Wildman–Crippen LogP) is 0.367. The average Bonchev–Trinajstić information content (AvgIpc) is 2.79. The van der Waals surface area contributed by atoms with Crippen LogP contribution in [-0.2, 0) is 12.1 Å². The lowest BCUT2D eigenvalue weighted by molar-refractivity contribution is -0.0363. The number of aromatic nitrogens is 2. The van der Waals surface area contributed by atoms with Crippen molar-refractivity contribution in [2.45, 2.75) is 25.0 Å². The molecule has 0 aromatic carbocycles. The number of rotatable bonds is 5. The zero-order valence-corrected chi connectivity index (χ0v) is 13.0. The molecule has 1 saturated heterocycles. The Morgan fingerprint density at radius 2 is 2.25 bits per heavy atom. The SMILES string of the molecule is COc1cnn(CCN(C)C)c1C1(O)CCCN(C)C1. The minimum absolute atomic E-state index is 0.622. The van der Waals surface area contributed by atoms with Crippen molar-refractivity contribution >= 4 is 0 Å². The number of piperidine rings is 1. The van der Waals surface area contributed by atoms with Crippen molar-refractivity contribution in [3.05, 3.63) is 11.9 Å². The van der Waals surface area contributed by atoms with Gasteiger partial charge in [0.05, 0.1) is 19.9 Å². The van der Waals surface area contributed by atoms with E-state index < -0.39 is 5.60 Å². The molecule has 0 amide bonds. The van der Waals surface area contributed by atoms with E-state index in [1.165, 1.54) is 0 Å². The second-order valence-corrected chi connectivity index (χ2v) is 5.96. The molecule has 0 bridgehead atoms. The monoisotopic (exact) mass is 282 g/mol. The third-order valence-electron chi connectivity index (χ3n) is 3.89. The summed E-state index contributed by atoms with van der Waals surface area (Å²) < 4.78 is 7.30. The minimum atomic E-state index is -0.874. The number of nitrogens with zero attached hydrogens (tertiary/aromatic N) is 4. The van der Waals surface area contributed by atoms with E-state index in [0.29, 0.717) is 12.3 Å². The number of likely N-dealkylation sites (N-methyl/N-ethyl adjacent to an activating group) is 2. The Labute approximate surface area is 120 Å². The van der Waals surface area contributed by atoms with Gasteiger partial charge in [0.2, 0.25) is 0 Å². The maximum absolute atomic E-state index is 11.1. The summed E-state index contributed by atoms with van der Waals surface area (Å²) in [5.74, 6) is 0.682. The van der Waals surface area contributed by atoms with E-state index in [1.807, 2.05) is 25.8 Å². The fourth-order valence-corrected chi connectivity index (χ4v) is 2.89. The Balaban J connectivity index is 2.29. The van der Waals surface area contributed by atoms with Crippen molar-refractivity contribution in [3.63, 3.8) is 0 Å². The van der Waals surface area contributed by atoms with Crippen LogP contribution in [0.2, 0.25) is 0 Å².